The Kier molecular flexibility index (Phi) is 5.39. The molecule has 2 amide bonds. The summed E-state index contributed by atoms with van der Waals surface area (Å²) < 4.78 is 0. The molecule has 0 spiro atoms. The van der Waals surface area contributed by atoms with Crippen molar-refractivity contribution in [3.8, 4) is 0 Å². The highest BCUT2D eigenvalue weighted by atomic mass is 32.2. The van der Waals surface area contributed by atoms with Crippen LogP contribution in [0.25, 0.3) is 0 Å². The summed E-state index contributed by atoms with van der Waals surface area (Å²) in [7, 11) is 0. The van der Waals surface area contributed by atoms with E-state index < -0.39 is 0 Å². The van der Waals surface area contributed by atoms with Crippen LogP contribution in [0.2, 0.25) is 0 Å². The summed E-state index contributed by atoms with van der Waals surface area (Å²) >= 11 is 1.60. The van der Waals surface area contributed by atoms with Crippen LogP contribution in [0.4, 0.5) is 11.4 Å². The Morgan fingerprint density at radius 1 is 0.933 bits per heavy atom. The average Bonchev–Trinajstić information content (AvgIpc) is 3.33. The first kappa shape index (κ1) is 19.5. The van der Waals surface area contributed by atoms with E-state index in [2.05, 4.69) is 27.2 Å². The smallest absolute Gasteiger partial charge is 0.254 e. The number of anilines is 2. The number of thioether (sulfide) groups is 1. The van der Waals surface area contributed by atoms with Crippen molar-refractivity contribution in [3.63, 3.8) is 0 Å². The molecule has 0 bridgehead atoms. The van der Waals surface area contributed by atoms with E-state index in [1.807, 2.05) is 41.3 Å². The predicted octanol–water partition coefficient (Wildman–Crippen LogP) is 3.12. The van der Waals surface area contributed by atoms with Crippen LogP contribution < -0.4 is 10.2 Å². The van der Waals surface area contributed by atoms with Gasteiger partial charge in [0, 0.05) is 42.3 Å². The van der Waals surface area contributed by atoms with Crippen molar-refractivity contribution in [2.45, 2.75) is 23.1 Å². The number of likely N-dealkylation sites (tertiary alicyclic amines) is 1. The highest BCUT2D eigenvalue weighted by Gasteiger charge is 2.34. The largest absolute Gasteiger partial charge is 0.368 e. The molecule has 0 aliphatic carbocycles. The summed E-state index contributed by atoms with van der Waals surface area (Å²) in [6.07, 6.45) is 2.31. The zero-order valence-electron chi connectivity index (χ0n) is 16.9. The quantitative estimate of drug-likeness (QED) is 0.824. The topological polar surface area (TPSA) is 55.9 Å². The molecule has 0 saturated carbocycles. The van der Waals surface area contributed by atoms with Crippen molar-refractivity contribution in [2.75, 3.05) is 49.5 Å². The Hall–Kier alpha value is -2.51. The van der Waals surface area contributed by atoms with Gasteiger partial charge in [-0.15, -0.1) is 0 Å². The van der Waals surface area contributed by atoms with E-state index in [4.69, 9.17) is 0 Å². The van der Waals surface area contributed by atoms with Crippen LogP contribution in [-0.4, -0.2) is 66.3 Å². The van der Waals surface area contributed by atoms with Gasteiger partial charge in [-0.25, -0.2) is 0 Å². The molecule has 0 radical (unpaired) electrons. The van der Waals surface area contributed by atoms with E-state index in [0.29, 0.717) is 18.7 Å². The van der Waals surface area contributed by atoms with Crippen molar-refractivity contribution in [3.05, 3.63) is 54.1 Å². The summed E-state index contributed by atoms with van der Waals surface area (Å²) in [6, 6.07) is 16.0. The van der Waals surface area contributed by atoms with Gasteiger partial charge >= 0.3 is 0 Å². The number of nitrogens with one attached hydrogen (secondary N) is 1. The second-order valence-corrected chi connectivity index (χ2v) is 9.15. The van der Waals surface area contributed by atoms with E-state index in [1.165, 1.54) is 5.69 Å². The normalized spacial score (nSPS) is 22.0. The van der Waals surface area contributed by atoms with Gasteiger partial charge in [0.05, 0.1) is 5.69 Å². The third-order valence-corrected chi connectivity index (χ3v) is 7.45. The fourth-order valence-electron chi connectivity index (χ4n) is 4.44. The molecule has 7 heteroatoms. The van der Waals surface area contributed by atoms with Crippen LogP contribution in [0.5, 0.6) is 0 Å². The zero-order valence-corrected chi connectivity index (χ0v) is 17.7. The number of fused-ring (bicyclic) bond motifs is 1. The minimum atomic E-state index is -0.160. The lowest BCUT2D eigenvalue weighted by Crippen LogP contribution is -2.48. The van der Waals surface area contributed by atoms with Crippen LogP contribution >= 0.6 is 11.8 Å². The molecule has 2 saturated heterocycles. The molecule has 6 nitrogen and oxygen atoms in total. The number of hydrogen-bond acceptors (Lipinski definition) is 5. The highest BCUT2D eigenvalue weighted by molar-refractivity contribution is 8.00. The van der Waals surface area contributed by atoms with Crippen LogP contribution in [0.15, 0.2) is 53.4 Å². The van der Waals surface area contributed by atoms with Crippen molar-refractivity contribution < 1.29 is 9.59 Å². The number of carbonyl (C=O) groups is 2. The number of benzene rings is 2. The van der Waals surface area contributed by atoms with Gasteiger partial charge in [0.1, 0.15) is 5.37 Å². The Morgan fingerprint density at radius 2 is 1.67 bits per heavy atom. The van der Waals surface area contributed by atoms with Gasteiger partial charge in [0.25, 0.3) is 11.8 Å². The highest BCUT2D eigenvalue weighted by Crippen LogP contribution is 2.38. The molecule has 3 aliphatic heterocycles. The predicted molar refractivity (Wildman–Crippen MR) is 120 cm³/mol. The van der Waals surface area contributed by atoms with Gasteiger partial charge in [0.2, 0.25) is 0 Å². The van der Waals surface area contributed by atoms with Crippen molar-refractivity contribution >= 4 is 35.0 Å². The standard InChI is InChI=1S/C23H26N4O2S/c28-21-23(27-10-4-5-11-27)30-20-9-8-17(16-19(20)24-21)22(29)26-14-12-25(13-15-26)18-6-2-1-3-7-18/h1-3,6-9,16,23H,4-5,10-15H2,(H,24,28)/t23-/m0/s1. The molecule has 2 fully saturated rings. The molecule has 0 unspecified atom stereocenters. The van der Waals surface area contributed by atoms with Gasteiger partial charge in [-0.2, -0.15) is 0 Å². The Bertz CT molecular complexity index is 937. The molecule has 3 aliphatic rings. The van der Waals surface area contributed by atoms with Gasteiger partial charge in [-0.3, -0.25) is 14.5 Å². The maximum absolute atomic E-state index is 13.1. The van der Waals surface area contributed by atoms with Crippen LogP contribution in [0.1, 0.15) is 23.2 Å². The SMILES string of the molecule is O=C1Nc2cc(C(=O)N3CCN(c4ccccc4)CC3)ccc2S[C@@H]1N1CCCC1. The van der Waals surface area contributed by atoms with Crippen LogP contribution in [-0.2, 0) is 4.79 Å². The molecule has 2 aromatic carbocycles. The second kappa shape index (κ2) is 8.32. The number of piperazine rings is 1. The first-order valence-electron chi connectivity index (χ1n) is 10.6. The van der Waals surface area contributed by atoms with E-state index in [9.17, 15) is 9.59 Å². The maximum atomic E-state index is 13.1. The first-order valence-corrected chi connectivity index (χ1v) is 11.5. The number of amides is 2. The molecule has 156 valence electrons. The molecule has 3 heterocycles. The Labute approximate surface area is 181 Å². The zero-order chi connectivity index (χ0) is 20.5. The summed E-state index contributed by atoms with van der Waals surface area (Å²) in [4.78, 5) is 33.2. The average molecular weight is 423 g/mol. The van der Waals surface area contributed by atoms with Crippen LogP contribution in [0, 0.1) is 0 Å². The fraction of sp³-hybridized carbons (Fsp3) is 0.391. The maximum Gasteiger partial charge on any atom is 0.254 e. The molecule has 0 aromatic heterocycles. The van der Waals surface area contributed by atoms with Gasteiger partial charge in [0.15, 0.2) is 0 Å². The number of carbonyl (C=O) groups excluding carboxylic acids is 2. The van der Waals surface area contributed by atoms with E-state index >= 15 is 0 Å². The van der Waals surface area contributed by atoms with Gasteiger partial charge < -0.3 is 15.1 Å². The Balaban J connectivity index is 1.25. The number of hydrogen-bond donors (Lipinski definition) is 1. The second-order valence-electron chi connectivity index (χ2n) is 8.03. The van der Waals surface area contributed by atoms with Crippen molar-refractivity contribution in [1.82, 2.24) is 9.80 Å². The Morgan fingerprint density at radius 3 is 2.40 bits per heavy atom. The van der Waals surface area contributed by atoms with E-state index in [1.54, 1.807) is 11.8 Å². The molecule has 5 rings (SSSR count). The number of nitrogens with zero attached hydrogens (tertiary/aromatic N) is 3. The summed E-state index contributed by atoms with van der Waals surface area (Å²) in [5.41, 5.74) is 2.60. The third-order valence-electron chi connectivity index (χ3n) is 6.11. The number of rotatable bonds is 3. The third kappa shape index (κ3) is 3.79. The summed E-state index contributed by atoms with van der Waals surface area (Å²) in [5.74, 6) is 0.0573. The lowest BCUT2D eigenvalue weighted by molar-refractivity contribution is -0.118. The molecule has 2 aromatic rings. The van der Waals surface area contributed by atoms with Crippen molar-refractivity contribution in [2.24, 2.45) is 0 Å². The monoisotopic (exact) mass is 422 g/mol. The lowest BCUT2D eigenvalue weighted by Gasteiger charge is -2.36. The summed E-state index contributed by atoms with van der Waals surface area (Å²) in [6.45, 7) is 5.00. The fourth-order valence-corrected chi connectivity index (χ4v) is 5.59. The van der Waals surface area contributed by atoms with Gasteiger partial charge in [-0.05, 0) is 56.3 Å². The van der Waals surface area contributed by atoms with Crippen LogP contribution in [0.3, 0.4) is 0 Å². The lowest BCUT2D eigenvalue weighted by atomic mass is 10.1. The molecular weight excluding hydrogens is 396 g/mol. The molecule has 30 heavy (non-hydrogen) atoms. The molecule has 1 atom stereocenters. The molecule has 1 N–H and O–H groups in total. The first-order chi connectivity index (χ1) is 14.7. The summed E-state index contributed by atoms with van der Waals surface area (Å²) in [5, 5.41) is 2.87. The number of para-hydroxylation sites is 1. The van der Waals surface area contributed by atoms with E-state index in [0.717, 1.165) is 49.6 Å². The van der Waals surface area contributed by atoms with Crippen molar-refractivity contribution in [1.29, 1.82) is 0 Å². The van der Waals surface area contributed by atoms with Gasteiger partial charge in [-0.1, -0.05) is 30.0 Å². The van der Waals surface area contributed by atoms with E-state index in [-0.39, 0.29) is 17.2 Å². The minimum absolute atomic E-state index is 0.0236. The molecular formula is C23H26N4O2S. The minimum Gasteiger partial charge on any atom is -0.368 e.